The summed E-state index contributed by atoms with van der Waals surface area (Å²) in [4.78, 5) is 32.3. The van der Waals surface area contributed by atoms with E-state index in [1.54, 1.807) is 21.6 Å². The first-order chi connectivity index (χ1) is 14.1. The average Bonchev–Trinajstić information content (AvgIpc) is 3.14. The van der Waals surface area contributed by atoms with Crippen molar-refractivity contribution < 1.29 is 14.3 Å². The largest absolute Gasteiger partial charge is 0.378 e. The molecule has 0 aliphatic carbocycles. The van der Waals surface area contributed by atoms with Crippen LogP contribution in [0.15, 0.2) is 48.7 Å². The Kier molecular flexibility index (Phi) is 5.31. The standard InChI is InChI=1S/C22H24N4O3/c1-15(2)16-7-3-4-8-17(16)23-21(27)19-18-9-5-6-10-26(18)20(24-19)22(28)25-11-13-29-14-12-25/h3-10,15H,11-14H2,1-2H3,(H,23,27). The molecule has 0 atom stereocenters. The highest BCUT2D eigenvalue weighted by Gasteiger charge is 2.26. The summed E-state index contributed by atoms with van der Waals surface area (Å²) < 4.78 is 7.01. The highest BCUT2D eigenvalue weighted by atomic mass is 16.5. The minimum Gasteiger partial charge on any atom is -0.378 e. The van der Waals surface area contributed by atoms with Gasteiger partial charge in [0, 0.05) is 25.0 Å². The molecule has 7 nitrogen and oxygen atoms in total. The number of anilines is 1. The van der Waals surface area contributed by atoms with Gasteiger partial charge in [-0.3, -0.25) is 14.0 Å². The molecule has 1 aliphatic heterocycles. The highest BCUT2D eigenvalue weighted by molar-refractivity contribution is 6.09. The Balaban J connectivity index is 1.69. The van der Waals surface area contributed by atoms with Crippen LogP contribution in [0.4, 0.5) is 5.69 Å². The van der Waals surface area contributed by atoms with Gasteiger partial charge < -0.3 is 15.0 Å². The molecule has 0 unspecified atom stereocenters. The van der Waals surface area contributed by atoms with Crippen molar-refractivity contribution in [3.8, 4) is 0 Å². The minimum absolute atomic E-state index is 0.198. The Morgan fingerprint density at radius 1 is 1.07 bits per heavy atom. The molecule has 1 saturated heterocycles. The van der Waals surface area contributed by atoms with Gasteiger partial charge in [0.15, 0.2) is 5.69 Å². The van der Waals surface area contributed by atoms with Crippen LogP contribution in [0.2, 0.25) is 0 Å². The van der Waals surface area contributed by atoms with Crippen molar-refractivity contribution in [1.82, 2.24) is 14.3 Å². The lowest BCUT2D eigenvalue weighted by molar-refractivity contribution is 0.0294. The van der Waals surface area contributed by atoms with Crippen molar-refractivity contribution >= 4 is 23.0 Å². The van der Waals surface area contributed by atoms with Crippen LogP contribution in [0.5, 0.6) is 0 Å². The second-order valence-electron chi connectivity index (χ2n) is 7.34. The van der Waals surface area contributed by atoms with E-state index >= 15 is 0 Å². The molecule has 0 radical (unpaired) electrons. The van der Waals surface area contributed by atoms with Gasteiger partial charge in [-0.05, 0) is 29.7 Å². The van der Waals surface area contributed by atoms with Gasteiger partial charge in [0.2, 0.25) is 5.82 Å². The number of hydrogen-bond donors (Lipinski definition) is 1. The maximum atomic E-state index is 13.1. The van der Waals surface area contributed by atoms with Crippen molar-refractivity contribution in [3.63, 3.8) is 0 Å². The average molecular weight is 392 g/mol. The predicted octanol–water partition coefficient (Wildman–Crippen LogP) is 3.18. The molecule has 29 heavy (non-hydrogen) atoms. The molecule has 1 aliphatic rings. The smallest absolute Gasteiger partial charge is 0.290 e. The number of amides is 2. The van der Waals surface area contributed by atoms with Crippen LogP contribution in [0.25, 0.3) is 5.52 Å². The number of carbonyl (C=O) groups excluding carboxylic acids is 2. The van der Waals surface area contributed by atoms with Crippen LogP contribution in [0.1, 0.15) is 46.4 Å². The Bertz CT molecular complexity index is 1050. The molecule has 2 amide bonds. The zero-order chi connectivity index (χ0) is 20.4. The number of ether oxygens (including phenoxy) is 1. The lowest BCUT2D eigenvalue weighted by Crippen LogP contribution is -2.41. The zero-order valence-electron chi connectivity index (χ0n) is 16.6. The van der Waals surface area contributed by atoms with E-state index in [1.165, 1.54) is 0 Å². The third kappa shape index (κ3) is 3.73. The van der Waals surface area contributed by atoms with Gasteiger partial charge in [0.1, 0.15) is 0 Å². The SMILES string of the molecule is CC(C)c1ccccc1NC(=O)c1nc(C(=O)N2CCOCC2)n2ccccc12. The first-order valence-electron chi connectivity index (χ1n) is 9.80. The lowest BCUT2D eigenvalue weighted by Gasteiger charge is -2.26. The van der Waals surface area contributed by atoms with Crippen LogP contribution in [-0.2, 0) is 4.74 Å². The minimum atomic E-state index is -0.331. The van der Waals surface area contributed by atoms with Crippen molar-refractivity contribution in [2.24, 2.45) is 0 Å². The monoisotopic (exact) mass is 392 g/mol. The summed E-state index contributed by atoms with van der Waals surface area (Å²) in [5.41, 5.74) is 2.64. The molecule has 1 aromatic carbocycles. The zero-order valence-corrected chi connectivity index (χ0v) is 16.6. The van der Waals surface area contributed by atoms with Gasteiger partial charge in [-0.15, -0.1) is 0 Å². The summed E-state index contributed by atoms with van der Waals surface area (Å²) >= 11 is 0. The number of para-hydroxylation sites is 1. The number of aromatic nitrogens is 2. The second kappa shape index (κ2) is 8.05. The molecule has 150 valence electrons. The van der Waals surface area contributed by atoms with Crippen molar-refractivity contribution in [1.29, 1.82) is 0 Å². The van der Waals surface area contributed by atoms with E-state index in [0.29, 0.717) is 31.8 Å². The van der Waals surface area contributed by atoms with Crippen LogP contribution in [0.3, 0.4) is 0 Å². The van der Waals surface area contributed by atoms with E-state index in [4.69, 9.17) is 4.74 Å². The number of fused-ring (bicyclic) bond motifs is 1. The van der Waals surface area contributed by atoms with Crippen LogP contribution in [0, 0.1) is 0 Å². The second-order valence-corrected chi connectivity index (χ2v) is 7.34. The van der Waals surface area contributed by atoms with E-state index in [0.717, 1.165) is 11.3 Å². The maximum Gasteiger partial charge on any atom is 0.290 e. The number of imidazole rings is 1. The molecule has 1 N–H and O–H groups in total. The summed E-state index contributed by atoms with van der Waals surface area (Å²) in [6, 6.07) is 13.2. The highest BCUT2D eigenvalue weighted by Crippen LogP contribution is 2.25. The van der Waals surface area contributed by atoms with E-state index in [9.17, 15) is 9.59 Å². The van der Waals surface area contributed by atoms with Gasteiger partial charge in [-0.2, -0.15) is 0 Å². The Labute approximate surface area is 169 Å². The van der Waals surface area contributed by atoms with Crippen molar-refractivity contribution in [2.75, 3.05) is 31.6 Å². The third-order valence-electron chi connectivity index (χ3n) is 5.08. The molecule has 0 saturated carbocycles. The topological polar surface area (TPSA) is 75.9 Å². The van der Waals surface area contributed by atoms with Crippen LogP contribution in [-0.4, -0.2) is 52.4 Å². The Hall–Kier alpha value is -3.19. The summed E-state index contributed by atoms with van der Waals surface area (Å²) in [5.74, 6) is -0.0209. The summed E-state index contributed by atoms with van der Waals surface area (Å²) in [6.45, 7) is 6.21. The van der Waals surface area contributed by atoms with E-state index in [-0.39, 0.29) is 29.3 Å². The first-order valence-corrected chi connectivity index (χ1v) is 9.80. The molecule has 2 aromatic heterocycles. The fraction of sp³-hybridized carbons (Fsp3) is 0.318. The molecule has 1 fully saturated rings. The molecular weight excluding hydrogens is 368 g/mol. The molecule has 3 heterocycles. The van der Waals surface area contributed by atoms with Crippen LogP contribution < -0.4 is 5.32 Å². The number of rotatable bonds is 4. The normalized spacial score (nSPS) is 14.4. The number of nitrogens with zero attached hydrogens (tertiary/aromatic N) is 3. The van der Waals surface area contributed by atoms with E-state index in [2.05, 4.69) is 24.1 Å². The number of pyridine rings is 1. The fourth-order valence-corrected chi connectivity index (χ4v) is 3.56. The first kappa shape index (κ1) is 19.1. The predicted molar refractivity (Wildman–Crippen MR) is 110 cm³/mol. The lowest BCUT2D eigenvalue weighted by atomic mass is 10.0. The summed E-state index contributed by atoms with van der Waals surface area (Å²) in [7, 11) is 0. The molecular formula is C22H24N4O3. The van der Waals surface area contributed by atoms with Gasteiger partial charge in [-0.25, -0.2) is 4.98 Å². The van der Waals surface area contributed by atoms with Gasteiger partial charge in [-0.1, -0.05) is 38.1 Å². The number of benzene rings is 1. The third-order valence-corrected chi connectivity index (χ3v) is 5.08. The van der Waals surface area contributed by atoms with Gasteiger partial charge in [0.05, 0.1) is 18.7 Å². The summed E-state index contributed by atoms with van der Waals surface area (Å²) in [6.07, 6.45) is 1.76. The number of morpholine rings is 1. The van der Waals surface area contributed by atoms with Crippen molar-refractivity contribution in [3.05, 3.63) is 65.7 Å². The van der Waals surface area contributed by atoms with Gasteiger partial charge >= 0.3 is 0 Å². The van der Waals surface area contributed by atoms with Gasteiger partial charge in [0.25, 0.3) is 11.8 Å². The maximum absolute atomic E-state index is 13.1. The van der Waals surface area contributed by atoms with Crippen molar-refractivity contribution in [2.45, 2.75) is 19.8 Å². The number of nitrogens with one attached hydrogen (secondary N) is 1. The van der Waals surface area contributed by atoms with E-state index < -0.39 is 0 Å². The quantitative estimate of drug-likeness (QED) is 0.740. The van der Waals surface area contributed by atoms with E-state index in [1.807, 2.05) is 36.4 Å². The Morgan fingerprint density at radius 3 is 2.55 bits per heavy atom. The van der Waals surface area contributed by atoms with Crippen LogP contribution >= 0.6 is 0 Å². The molecule has 0 bridgehead atoms. The molecule has 7 heteroatoms. The molecule has 4 rings (SSSR count). The number of hydrogen-bond acceptors (Lipinski definition) is 4. The Morgan fingerprint density at radius 2 is 1.79 bits per heavy atom. The fourth-order valence-electron chi connectivity index (χ4n) is 3.56. The number of carbonyl (C=O) groups is 2. The summed E-state index contributed by atoms with van der Waals surface area (Å²) in [5, 5.41) is 2.97. The molecule has 0 spiro atoms. The molecule has 3 aromatic rings.